The number of rotatable bonds is 17. The van der Waals surface area contributed by atoms with E-state index in [1.54, 1.807) is 45.0 Å². The molecule has 1 fully saturated rings. The maximum Gasteiger partial charge on any atom is 0.528 e. The van der Waals surface area contributed by atoms with Gasteiger partial charge in [-0.15, -0.1) is 5.06 Å². The molecule has 0 unspecified atom stereocenters. The number of hydrogen-bond acceptors (Lipinski definition) is 10. The van der Waals surface area contributed by atoms with E-state index in [1.807, 2.05) is 54.6 Å². The van der Waals surface area contributed by atoms with Crippen molar-refractivity contribution in [3.63, 3.8) is 0 Å². The second-order valence-corrected chi connectivity index (χ2v) is 13.9. The van der Waals surface area contributed by atoms with E-state index in [-0.39, 0.29) is 43.3 Å². The van der Waals surface area contributed by atoms with E-state index < -0.39 is 35.9 Å². The van der Waals surface area contributed by atoms with Crippen molar-refractivity contribution in [3.8, 4) is 5.75 Å². The van der Waals surface area contributed by atoms with Crippen molar-refractivity contribution in [1.82, 2.24) is 5.06 Å². The lowest BCUT2D eigenvalue weighted by Crippen LogP contribution is -2.53. The van der Waals surface area contributed by atoms with E-state index >= 15 is 0 Å². The highest BCUT2D eigenvalue weighted by molar-refractivity contribution is 5.88. The van der Waals surface area contributed by atoms with Crippen LogP contribution in [0.25, 0.3) is 0 Å². The largest absolute Gasteiger partial charge is 0.528 e. The van der Waals surface area contributed by atoms with Crippen molar-refractivity contribution < 1.29 is 53.1 Å². The normalized spacial score (nSPS) is 17.4. The molecule has 3 atom stereocenters. The Morgan fingerprint density at radius 1 is 0.667 bits per heavy atom. The summed E-state index contributed by atoms with van der Waals surface area (Å²) in [6.07, 6.45) is -1.27. The van der Waals surface area contributed by atoms with Crippen LogP contribution in [-0.2, 0) is 43.6 Å². The molecule has 12 nitrogen and oxygen atoms in total. The van der Waals surface area contributed by atoms with Crippen molar-refractivity contribution in [2.24, 2.45) is 0 Å². The van der Waals surface area contributed by atoms with E-state index in [4.69, 9.17) is 28.5 Å². The molecule has 4 aromatic carbocycles. The number of carboxylic acid groups (broad SMARTS) is 2. The van der Waals surface area contributed by atoms with Crippen LogP contribution in [-0.4, -0.2) is 77.5 Å². The lowest BCUT2D eigenvalue weighted by molar-refractivity contribution is -0.209. The van der Waals surface area contributed by atoms with E-state index in [0.29, 0.717) is 25.6 Å². The van der Waals surface area contributed by atoms with Crippen molar-refractivity contribution in [1.29, 1.82) is 0 Å². The number of carboxylic acids is 2. The molecule has 2 N–H and O–H groups in total. The van der Waals surface area contributed by atoms with Crippen LogP contribution in [0.4, 0.5) is 4.79 Å². The van der Waals surface area contributed by atoms with Gasteiger partial charge < -0.3 is 38.7 Å². The van der Waals surface area contributed by atoms with Gasteiger partial charge in [0.25, 0.3) is 0 Å². The predicted molar refractivity (Wildman–Crippen MR) is 198 cm³/mol. The van der Waals surface area contributed by atoms with Crippen LogP contribution in [0.15, 0.2) is 103 Å². The highest BCUT2D eigenvalue weighted by Crippen LogP contribution is 2.35. The molecular formula is C42H47NO11. The van der Waals surface area contributed by atoms with E-state index in [2.05, 4.69) is 0 Å². The average molecular weight is 742 g/mol. The molecule has 5 rings (SSSR count). The Hall–Kier alpha value is -5.27. The zero-order valence-electron chi connectivity index (χ0n) is 30.7. The third-order valence-corrected chi connectivity index (χ3v) is 8.57. The first-order valence-electron chi connectivity index (χ1n) is 17.8. The summed E-state index contributed by atoms with van der Waals surface area (Å²) in [5.41, 5.74) is 3.10. The van der Waals surface area contributed by atoms with Gasteiger partial charge in [0.2, 0.25) is 0 Å². The van der Waals surface area contributed by atoms with Crippen LogP contribution in [0.2, 0.25) is 0 Å². The molecule has 1 saturated heterocycles. The third kappa shape index (κ3) is 12.4. The highest BCUT2D eigenvalue weighted by atomic mass is 16.8. The summed E-state index contributed by atoms with van der Waals surface area (Å²) in [7, 11) is 0. The number of carbonyl (C=O) groups excluding carboxylic acids is 1. The van der Waals surface area contributed by atoms with E-state index in [9.17, 15) is 24.6 Å². The molecule has 0 saturated carbocycles. The molecule has 0 amide bonds. The molecule has 0 spiro atoms. The predicted octanol–water partition coefficient (Wildman–Crippen LogP) is 7.51. The van der Waals surface area contributed by atoms with Crippen LogP contribution >= 0.6 is 0 Å². The van der Waals surface area contributed by atoms with Crippen LogP contribution in [0.1, 0.15) is 76.1 Å². The quantitative estimate of drug-likeness (QED) is 0.0815. The smallest absolute Gasteiger partial charge is 0.494 e. The molecule has 0 aromatic heterocycles. The number of carbonyl (C=O) groups is 3. The second kappa shape index (κ2) is 19.2. The first-order chi connectivity index (χ1) is 25.9. The average Bonchev–Trinajstić information content (AvgIpc) is 3.14. The molecule has 0 radical (unpaired) electrons. The minimum atomic E-state index is -1.02. The summed E-state index contributed by atoms with van der Waals surface area (Å²) in [5, 5.41) is 20.2. The molecule has 12 heteroatoms. The van der Waals surface area contributed by atoms with Gasteiger partial charge in [-0.1, -0.05) is 66.7 Å². The number of hydrogen-bond donors (Lipinski definition) is 2. The van der Waals surface area contributed by atoms with E-state index in [1.165, 1.54) is 29.3 Å². The molecule has 1 aliphatic rings. The van der Waals surface area contributed by atoms with Gasteiger partial charge in [-0.2, -0.15) is 0 Å². The van der Waals surface area contributed by atoms with E-state index in [0.717, 1.165) is 28.7 Å². The topological polar surface area (TPSA) is 150 Å². The zero-order valence-corrected chi connectivity index (χ0v) is 30.7. The number of benzene rings is 4. The number of aromatic carboxylic acids is 2. The van der Waals surface area contributed by atoms with Gasteiger partial charge in [0.15, 0.2) is 0 Å². The molecule has 0 aliphatic carbocycles. The van der Waals surface area contributed by atoms with Gasteiger partial charge in [-0.05, 0) is 79.4 Å². The summed E-state index contributed by atoms with van der Waals surface area (Å²) in [5.74, 6) is -1.70. The SMILES string of the molecule is CC(C)(C)OC(=O)ON1C[C@H](OCc2ccc(C(=O)O)cc2)[C@H](c2ccc(OCCCOCc3ccccc3)cc2)[C@H](OCc2ccc(C(=O)O)cc2)C1. The van der Waals surface area contributed by atoms with Gasteiger partial charge >= 0.3 is 18.1 Å². The summed E-state index contributed by atoms with van der Waals surface area (Å²) in [4.78, 5) is 41.3. The Kier molecular flexibility index (Phi) is 14.2. The van der Waals surface area contributed by atoms with Crippen LogP contribution < -0.4 is 4.74 Å². The number of nitrogens with zero attached hydrogens (tertiary/aromatic N) is 1. The van der Waals surface area contributed by atoms with Crippen molar-refractivity contribution in [3.05, 3.63) is 137 Å². The van der Waals surface area contributed by atoms with Crippen LogP contribution in [0, 0.1) is 0 Å². The fourth-order valence-electron chi connectivity index (χ4n) is 5.93. The first-order valence-corrected chi connectivity index (χ1v) is 17.8. The van der Waals surface area contributed by atoms with Crippen molar-refractivity contribution >= 4 is 18.1 Å². The van der Waals surface area contributed by atoms with Crippen molar-refractivity contribution in [2.45, 2.75) is 70.7 Å². The summed E-state index contributed by atoms with van der Waals surface area (Å²) in [6, 6.07) is 30.6. The zero-order chi connectivity index (χ0) is 38.5. The van der Waals surface area contributed by atoms with Gasteiger partial charge in [0.1, 0.15) is 11.4 Å². The lowest BCUT2D eigenvalue weighted by Gasteiger charge is -2.42. The molecule has 0 bridgehead atoms. The minimum absolute atomic E-state index is 0.151. The monoisotopic (exact) mass is 741 g/mol. The van der Waals surface area contributed by atoms with Gasteiger partial charge in [-0.25, -0.2) is 14.4 Å². The Morgan fingerprint density at radius 3 is 1.69 bits per heavy atom. The summed E-state index contributed by atoms with van der Waals surface area (Å²) < 4.78 is 30.3. The van der Waals surface area contributed by atoms with Crippen LogP contribution in [0.3, 0.4) is 0 Å². The minimum Gasteiger partial charge on any atom is -0.494 e. The fraction of sp³-hybridized carbons (Fsp3) is 0.357. The summed E-state index contributed by atoms with van der Waals surface area (Å²) in [6.45, 7) is 7.50. The number of ether oxygens (including phenoxy) is 5. The number of piperidine rings is 1. The van der Waals surface area contributed by atoms with Crippen LogP contribution in [0.5, 0.6) is 5.75 Å². The molecule has 4 aromatic rings. The molecule has 286 valence electrons. The maximum absolute atomic E-state index is 12.8. The molecule has 1 heterocycles. The summed E-state index contributed by atoms with van der Waals surface area (Å²) >= 11 is 0. The Morgan fingerprint density at radius 2 is 1.19 bits per heavy atom. The number of hydroxylamine groups is 2. The van der Waals surface area contributed by atoms with Gasteiger partial charge in [-0.3, -0.25) is 0 Å². The Bertz CT molecular complexity index is 1720. The molecular weight excluding hydrogens is 694 g/mol. The van der Waals surface area contributed by atoms with Crippen molar-refractivity contribution in [2.75, 3.05) is 26.3 Å². The maximum atomic E-state index is 12.8. The highest BCUT2D eigenvalue weighted by Gasteiger charge is 2.41. The molecule has 1 aliphatic heterocycles. The fourth-order valence-corrected chi connectivity index (χ4v) is 5.93. The first kappa shape index (κ1) is 39.9. The lowest BCUT2D eigenvalue weighted by atomic mass is 9.85. The van der Waals surface area contributed by atoms with Gasteiger partial charge in [0, 0.05) is 12.3 Å². The third-order valence-electron chi connectivity index (χ3n) is 8.57. The standard InChI is InChI=1S/C42H47NO11/c1-42(2,3)53-41(48)54-43-24-36(51-27-30-10-14-33(15-11-30)39(44)45)38(37(25-43)52-28-31-12-16-34(17-13-31)40(46)47)32-18-20-35(21-19-32)50-23-7-22-49-26-29-8-5-4-6-9-29/h4-6,8-21,36-38H,7,22-28H2,1-3H3,(H,44,45)(H,46,47)/t36-,37+,38-. The van der Waals surface area contributed by atoms with Gasteiger partial charge in [0.05, 0.1) is 69.5 Å². The Labute approximate surface area is 315 Å². The molecule has 54 heavy (non-hydrogen) atoms. The Balaban J connectivity index is 1.32. The second-order valence-electron chi connectivity index (χ2n) is 13.9.